The highest BCUT2D eigenvalue weighted by Crippen LogP contribution is 2.05. The van der Waals surface area contributed by atoms with Crippen molar-refractivity contribution in [3.8, 4) is 0 Å². The summed E-state index contributed by atoms with van der Waals surface area (Å²) in [5.41, 5.74) is 1.03. The maximum Gasteiger partial charge on any atom is 0.214 e. The number of allylic oxidation sites excluding steroid dienone is 1. The molecule has 0 fully saturated rings. The zero-order chi connectivity index (χ0) is 12.9. The van der Waals surface area contributed by atoms with Crippen molar-refractivity contribution in [2.75, 3.05) is 14.2 Å². The third-order valence-electron chi connectivity index (χ3n) is 1.18. The first-order valence-corrected chi connectivity index (χ1v) is 5.42. The number of nitrogens with zero attached hydrogens (tertiary/aromatic N) is 1. The Labute approximate surface area is 95.2 Å². The highest BCUT2D eigenvalue weighted by molar-refractivity contribution is 5.73. The molecular weight excluding hydrogens is 190 g/mol. The van der Waals surface area contributed by atoms with E-state index in [0.29, 0.717) is 11.8 Å². The first-order valence-electron chi connectivity index (χ1n) is 5.42. The molecule has 0 aromatic rings. The number of hydrogen-bond acceptors (Lipinski definition) is 3. The molecule has 0 aromatic heterocycles. The van der Waals surface area contributed by atoms with E-state index in [4.69, 9.17) is 9.47 Å². The molecule has 3 nitrogen and oxygen atoms in total. The lowest BCUT2D eigenvalue weighted by Crippen LogP contribution is -1.96. The Kier molecular flexibility index (Phi) is 20.2. The van der Waals surface area contributed by atoms with Crippen LogP contribution in [0.5, 0.6) is 0 Å². The molecule has 0 bridgehead atoms. The minimum absolute atomic E-state index is 0.600. The molecule has 0 aliphatic rings. The normalized spacial score (nSPS) is 8.73. The summed E-state index contributed by atoms with van der Waals surface area (Å²) in [5.74, 6) is 1.22. The van der Waals surface area contributed by atoms with E-state index in [1.54, 1.807) is 21.1 Å². The van der Waals surface area contributed by atoms with Crippen LogP contribution in [-0.2, 0) is 9.47 Å². The zero-order valence-electron chi connectivity index (χ0n) is 11.8. The Bertz CT molecular complexity index is 180. The highest BCUT2D eigenvalue weighted by Gasteiger charge is 1.96. The Morgan fingerprint density at radius 3 is 1.40 bits per heavy atom. The molecule has 0 heterocycles. The number of hydrogen-bond donors (Lipinski definition) is 0. The summed E-state index contributed by atoms with van der Waals surface area (Å²) in [7, 11) is 3.17. The van der Waals surface area contributed by atoms with E-state index in [2.05, 4.69) is 4.99 Å². The van der Waals surface area contributed by atoms with Crippen molar-refractivity contribution in [2.45, 2.75) is 48.5 Å². The van der Waals surface area contributed by atoms with Crippen molar-refractivity contribution < 1.29 is 9.47 Å². The predicted octanol–water partition coefficient (Wildman–Crippen LogP) is 4.00. The topological polar surface area (TPSA) is 30.8 Å². The van der Waals surface area contributed by atoms with Gasteiger partial charge in [0.05, 0.1) is 14.2 Å². The van der Waals surface area contributed by atoms with Gasteiger partial charge in [0.15, 0.2) is 5.90 Å². The monoisotopic (exact) mass is 217 g/mol. The fourth-order valence-electron chi connectivity index (χ4n) is 0.550. The molecule has 0 spiro atoms. The highest BCUT2D eigenvalue weighted by atomic mass is 16.5. The maximum absolute atomic E-state index is 5.00. The molecular formula is C12H27NO2. The lowest BCUT2D eigenvalue weighted by atomic mass is 10.4. The van der Waals surface area contributed by atoms with Gasteiger partial charge >= 0.3 is 0 Å². The summed E-state index contributed by atoms with van der Waals surface area (Å²) in [4.78, 5) is 4.06. The van der Waals surface area contributed by atoms with Crippen LogP contribution in [0.3, 0.4) is 0 Å². The lowest BCUT2D eigenvalue weighted by Gasteiger charge is -2.03. The van der Waals surface area contributed by atoms with Gasteiger partial charge in [-0.1, -0.05) is 27.7 Å². The SMILES string of the molecule is CC.CC.COC(/N=C(\C)OC)=C(C)C. The molecule has 0 aliphatic carbocycles. The van der Waals surface area contributed by atoms with Gasteiger partial charge in [0.2, 0.25) is 5.88 Å². The van der Waals surface area contributed by atoms with Crippen LogP contribution < -0.4 is 0 Å². The molecule has 15 heavy (non-hydrogen) atoms. The Hall–Kier alpha value is -0.990. The number of ether oxygens (including phenoxy) is 2. The smallest absolute Gasteiger partial charge is 0.214 e. The van der Waals surface area contributed by atoms with Crippen molar-refractivity contribution >= 4 is 5.90 Å². The van der Waals surface area contributed by atoms with Gasteiger partial charge in [-0.3, -0.25) is 0 Å². The molecule has 0 aromatic carbocycles. The summed E-state index contributed by atoms with van der Waals surface area (Å²) in [6.45, 7) is 13.7. The van der Waals surface area contributed by atoms with Gasteiger partial charge in [-0.25, -0.2) is 0 Å². The average Bonchev–Trinajstić information content (AvgIpc) is 2.30. The van der Waals surface area contributed by atoms with Gasteiger partial charge < -0.3 is 9.47 Å². The molecule has 0 saturated heterocycles. The van der Waals surface area contributed by atoms with E-state index >= 15 is 0 Å². The molecule has 0 aliphatic heterocycles. The molecule has 0 radical (unpaired) electrons. The van der Waals surface area contributed by atoms with Crippen LogP contribution in [0.4, 0.5) is 0 Å². The largest absolute Gasteiger partial charge is 0.484 e. The molecule has 0 amide bonds. The summed E-state index contributed by atoms with van der Waals surface area (Å²) < 4.78 is 9.86. The Balaban J connectivity index is -0.000000318. The predicted molar refractivity (Wildman–Crippen MR) is 68.2 cm³/mol. The first-order chi connectivity index (χ1) is 7.11. The van der Waals surface area contributed by atoms with Crippen LogP contribution in [0.1, 0.15) is 48.5 Å². The van der Waals surface area contributed by atoms with Gasteiger partial charge in [0.25, 0.3) is 0 Å². The van der Waals surface area contributed by atoms with E-state index in [9.17, 15) is 0 Å². The molecule has 0 N–H and O–H groups in total. The van der Waals surface area contributed by atoms with Crippen LogP contribution >= 0.6 is 0 Å². The van der Waals surface area contributed by atoms with Crippen LogP contribution in [0.15, 0.2) is 16.4 Å². The van der Waals surface area contributed by atoms with E-state index in [0.717, 1.165) is 5.57 Å². The van der Waals surface area contributed by atoms with Crippen LogP contribution in [0.2, 0.25) is 0 Å². The van der Waals surface area contributed by atoms with Crippen molar-refractivity contribution in [3.63, 3.8) is 0 Å². The minimum atomic E-state index is 0.600. The lowest BCUT2D eigenvalue weighted by molar-refractivity contribution is 0.279. The molecule has 3 heteroatoms. The molecule has 0 atom stereocenters. The summed E-state index contributed by atoms with van der Waals surface area (Å²) in [6, 6.07) is 0. The number of rotatable bonds is 2. The van der Waals surface area contributed by atoms with Crippen molar-refractivity contribution in [3.05, 3.63) is 11.5 Å². The number of methoxy groups -OCH3 is 2. The quantitative estimate of drug-likeness (QED) is 0.397. The first kappa shape index (κ1) is 19.6. The third kappa shape index (κ3) is 13.0. The zero-order valence-corrected chi connectivity index (χ0v) is 11.8. The van der Waals surface area contributed by atoms with Gasteiger partial charge in [-0.05, 0) is 19.4 Å². The fourth-order valence-corrected chi connectivity index (χ4v) is 0.550. The summed E-state index contributed by atoms with van der Waals surface area (Å²) in [5, 5.41) is 0. The fraction of sp³-hybridized carbons (Fsp3) is 0.750. The van der Waals surface area contributed by atoms with E-state index < -0.39 is 0 Å². The Morgan fingerprint density at radius 2 is 1.20 bits per heavy atom. The number of aliphatic imine (C=N–C) groups is 1. The minimum Gasteiger partial charge on any atom is -0.484 e. The van der Waals surface area contributed by atoms with Crippen LogP contribution in [0, 0.1) is 0 Å². The molecule has 0 unspecified atom stereocenters. The Morgan fingerprint density at radius 1 is 0.800 bits per heavy atom. The van der Waals surface area contributed by atoms with E-state index in [1.807, 2.05) is 41.5 Å². The van der Waals surface area contributed by atoms with Crippen LogP contribution in [-0.4, -0.2) is 20.1 Å². The van der Waals surface area contributed by atoms with Gasteiger partial charge in [0, 0.05) is 6.92 Å². The molecule has 92 valence electrons. The van der Waals surface area contributed by atoms with E-state index in [1.165, 1.54) is 0 Å². The van der Waals surface area contributed by atoms with Gasteiger partial charge in [0.1, 0.15) is 0 Å². The van der Waals surface area contributed by atoms with Gasteiger partial charge in [-0.15, -0.1) is 0 Å². The van der Waals surface area contributed by atoms with E-state index in [-0.39, 0.29) is 0 Å². The maximum atomic E-state index is 5.00. The van der Waals surface area contributed by atoms with Gasteiger partial charge in [-0.2, -0.15) is 4.99 Å². The summed E-state index contributed by atoms with van der Waals surface area (Å²) in [6.07, 6.45) is 0. The standard InChI is InChI=1S/C8H15NO2.2C2H6/c1-6(2)8(11-5)9-7(3)10-4;2*1-2/h1-5H3;2*1-2H3/b9-7+;;. The average molecular weight is 217 g/mol. The second-order valence-corrected chi connectivity index (χ2v) is 2.34. The van der Waals surface area contributed by atoms with Crippen molar-refractivity contribution in [1.29, 1.82) is 0 Å². The molecule has 0 saturated carbocycles. The second-order valence-electron chi connectivity index (χ2n) is 2.34. The van der Waals surface area contributed by atoms with Crippen molar-refractivity contribution in [2.24, 2.45) is 4.99 Å². The third-order valence-corrected chi connectivity index (χ3v) is 1.18. The second kappa shape index (κ2) is 15.5. The molecule has 0 rings (SSSR count). The van der Waals surface area contributed by atoms with Crippen LogP contribution in [0.25, 0.3) is 0 Å². The van der Waals surface area contributed by atoms with Crippen molar-refractivity contribution in [1.82, 2.24) is 0 Å². The summed E-state index contributed by atoms with van der Waals surface area (Å²) >= 11 is 0.